The number of urea groups is 1. The molecule has 0 bridgehead atoms. The van der Waals surface area contributed by atoms with E-state index in [9.17, 15) is 36.7 Å². The summed E-state index contributed by atoms with van der Waals surface area (Å²) in [5.41, 5.74) is 6.98. The second-order valence-electron chi connectivity index (χ2n) is 11.5. The van der Waals surface area contributed by atoms with Gasteiger partial charge in [-0.1, -0.05) is 35.3 Å². The molecule has 2 unspecified atom stereocenters. The Morgan fingerprint density at radius 2 is 1.11 bits per heavy atom. The molecule has 2 atom stereocenters. The van der Waals surface area contributed by atoms with Gasteiger partial charge in [-0.15, -0.1) is 12.4 Å². The summed E-state index contributed by atoms with van der Waals surface area (Å²) in [5, 5.41) is 11.5. The van der Waals surface area contributed by atoms with Gasteiger partial charge in [-0.2, -0.15) is 0 Å². The van der Waals surface area contributed by atoms with E-state index in [1.807, 2.05) is 0 Å². The zero-order valence-corrected chi connectivity index (χ0v) is 32.4. The minimum atomic E-state index is -0.778. The number of rotatable bonds is 5. The first-order valence-electron chi connectivity index (χ1n) is 16.2. The first-order valence-corrected chi connectivity index (χ1v) is 17.3. The average Bonchev–Trinajstić information content (AvgIpc) is 3.15. The maximum Gasteiger partial charge on any atom is 0.315 e. The third-order valence-corrected chi connectivity index (χ3v) is 8.68. The van der Waals surface area contributed by atoms with Crippen LogP contribution in [-0.4, -0.2) is 50.5 Å². The molecule has 4 aromatic carbocycles. The summed E-state index contributed by atoms with van der Waals surface area (Å²) in [7, 11) is 2.95. The monoisotopic (exact) mass is 862 g/mol. The lowest BCUT2D eigenvalue weighted by molar-refractivity contribution is 0.100. The molecule has 0 aromatic heterocycles. The van der Waals surface area contributed by atoms with Gasteiger partial charge >= 0.3 is 11.4 Å². The summed E-state index contributed by atoms with van der Waals surface area (Å²) in [4.78, 5) is 46.1. The molecule has 12 nitrogen and oxygen atoms in total. The number of anilines is 2. The van der Waals surface area contributed by atoms with Crippen LogP contribution in [0.4, 0.5) is 38.5 Å². The molecule has 0 spiro atoms. The second-order valence-corrected chi connectivity index (χ2v) is 12.7. The van der Waals surface area contributed by atoms with Crippen molar-refractivity contribution in [3.63, 3.8) is 0 Å². The molecule has 7 N–H and O–H groups in total. The van der Waals surface area contributed by atoms with E-state index in [2.05, 4.69) is 26.6 Å². The number of benzene rings is 4. The highest BCUT2D eigenvalue weighted by Crippen LogP contribution is 2.38. The van der Waals surface area contributed by atoms with E-state index in [-0.39, 0.29) is 69.1 Å². The fraction of sp³-hybridized carbons (Fsp3) is 0.222. The average molecular weight is 865 g/mol. The van der Waals surface area contributed by atoms with Crippen molar-refractivity contribution < 1.29 is 46.2 Å². The number of carbonyl (C=O) groups is 4. The van der Waals surface area contributed by atoms with Crippen LogP contribution in [0.1, 0.15) is 56.8 Å². The van der Waals surface area contributed by atoms with E-state index in [0.717, 1.165) is 18.2 Å². The lowest BCUT2D eigenvalue weighted by atomic mass is 9.96. The molecule has 0 saturated heterocycles. The standard InChI is InChI=1S/C18H16ClF2N3O3.C16H13ClF2N2O2.C2H4ClNO.ClH/c1-22-18(26)24-14-6-7-27-16-10(14)3-5-13(21)15(16)17(25)23-9-2-4-12(20)11(19)8-9;17-10-7-8(1-3-11(10)18)21-16(22)14-12(19)4-2-9-13(20)5-6-23-15(9)14;1-4-2(3)5;/h2-5,8,14H,6-7H2,1H3,(H,23,25)(H2,22,24,26);1-4,7,13H,5-6,20H2,(H,21,22);1H3,(H,4,5);1H. The highest BCUT2D eigenvalue weighted by atomic mass is 35.5. The number of nitrogens with two attached hydrogens (primary N) is 1. The molecule has 0 aliphatic carbocycles. The normalized spacial score (nSPS) is 14.8. The topological polar surface area (TPSA) is 173 Å². The minimum Gasteiger partial charge on any atom is -0.492 e. The first-order chi connectivity index (χ1) is 26.1. The fourth-order valence-electron chi connectivity index (χ4n) is 5.24. The molecular weight excluding hydrogens is 830 g/mol. The summed E-state index contributed by atoms with van der Waals surface area (Å²) in [6, 6.07) is 11.5. The Bertz CT molecular complexity index is 2100. The Morgan fingerprint density at radius 3 is 1.55 bits per heavy atom. The van der Waals surface area contributed by atoms with Crippen LogP contribution in [0.2, 0.25) is 10.0 Å². The summed E-state index contributed by atoms with van der Waals surface area (Å²) in [6.45, 7) is 0.508. The summed E-state index contributed by atoms with van der Waals surface area (Å²) < 4.78 is 65.9. The Morgan fingerprint density at radius 1 is 0.679 bits per heavy atom. The van der Waals surface area contributed by atoms with Crippen LogP contribution in [0.3, 0.4) is 0 Å². The van der Waals surface area contributed by atoms with Crippen molar-refractivity contribution in [1.82, 2.24) is 16.0 Å². The van der Waals surface area contributed by atoms with E-state index in [1.54, 1.807) is 0 Å². The number of fused-ring (bicyclic) bond motifs is 2. The lowest BCUT2D eigenvalue weighted by Crippen LogP contribution is -2.38. The maximum absolute atomic E-state index is 14.4. The molecule has 6 rings (SSSR count). The van der Waals surface area contributed by atoms with Crippen LogP contribution in [0, 0.1) is 23.3 Å². The van der Waals surface area contributed by atoms with Crippen molar-refractivity contribution in [2.45, 2.75) is 24.9 Å². The van der Waals surface area contributed by atoms with Crippen molar-refractivity contribution in [1.29, 1.82) is 0 Å². The second kappa shape index (κ2) is 20.8. The van der Waals surface area contributed by atoms with Crippen molar-refractivity contribution >= 4 is 81.8 Å². The fourth-order valence-corrected chi connectivity index (χ4v) is 5.60. The summed E-state index contributed by atoms with van der Waals surface area (Å²) in [6.07, 6.45) is 1.06. The molecule has 0 radical (unpaired) electrons. The predicted octanol–water partition coefficient (Wildman–Crippen LogP) is 8.26. The van der Waals surface area contributed by atoms with Gasteiger partial charge in [0.2, 0.25) is 0 Å². The molecular formula is C36H34Cl4F4N6O6. The van der Waals surface area contributed by atoms with Crippen molar-refractivity contribution in [2.75, 3.05) is 37.9 Å². The first kappa shape index (κ1) is 45.4. The number of carbonyl (C=O) groups excluding carboxylic acids is 4. The Labute approximate surface area is 339 Å². The molecule has 56 heavy (non-hydrogen) atoms. The van der Waals surface area contributed by atoms with Gasteiger partial charge in [0, 0.05) is 55.5 Å². The Hall–Kier alpha value is -5.00. The van der Waals surface area contributed by atoms with E-state index in [4.69, 9.17) is 50.0 Å². The van der Waals surface area contributed by atoms with Gasteiger partial charge in [-0.25, -0.2) is 22.4 Å². The van der Waals surface area contributed by atoms with Crippen LogP contribution < -0.4 is 41.8 Å². The number of halogens is 8. The molecule has 300 valence electrons. The molecule has 0 fully saturated rings. The number of nitrogens with one attached hydrogen (secondary N) is 5. The van der Waals surface area contributed by atoms with E-state index in [1.165, 1.54) is 56.6 Å². The highest BCUT2D eigenvalue weighted by molar-refractivity contribution is 6.62. The van der Waals surface area contributed by atoms with Gasteiger partial charge in [0.05, 0.1) is 29.3 Å². The van der Waals surface area contributed by atoms with Crippen LogP contribution in [0.25, 0.3) is 0 Å². The van der Waals surface area contributed by atoms with Gasteiger partial charge < -0.3 is 41.8 Å². The highest BCUT2D eigenvalue weighted by Gasteiger charge is 2.30. The third-order valence-electron chi connectivity index (χ3n) is 7.92. The predicted molar refractivity (Wildman–Crippen MR) is 207 cm³/mol. The van der Waals surface area contributed by atoms with Crippen molar-refractivity contribution in [3.05, 3.63) is 116 Å². The van der Waals surface area contributed by atoms with E-state index >= 15 is 0 Å². The molecule has 2 aliphatic heterocycles. The van der Waals surface area contributed by atoms with Gasteiger partial charge in [0.25, 0.3) is 11.8 Å². The summed E-state index contributed by atoms with van der Waals surface area (Å²) in [5.74, 6) is -4.01. The van der Waals surface area contributed by atoms with Crippen molar-refractivity contribution in [2.24, 2.45) is 5.73 Å². The van der Waals surface area contributed by atoms with Crippen LogP contribution >= 0.6 is 47.2 Å². The van der Waals surface area contributed by atoms with E-state index in [0.29, 0.717) is 30.6 Å². The number of hydrogen-bond donors (Lipinski definition) is 6. The molecule has 4 aromatic rings. The van der Waals surface area contributed by atoms with E-state index < -0.39 is 52.5 Å². The lowest BCUT2D eigenvalue weighted by Gasteiger charge is -2.28. The molecule has 0 saturated carbocycles. The van der Waals surface area contributed by atoms with Gasteiger partial charge in [-0.05, 0) is 60.1 Å². The zero-order valence-electron chi connectivity index (χ0n) is 29.3. The molecule has 2 aliphatic rings. The SMILES string of the molecule is CNC(=O)Cl.CNC(=O)NC1CCOc2c1ccc(F)c2C(=O)Nc1ccc(F)c(Cl)c1.Cl.NC1CCOc2c1ccc(F)c2C(=O)Nc1ccc(F)c(Cl)c1. The minimum absolute atomic E-state index is 0. The maximum atomic E-state index is 14.4. The number of amides is 5. The quantitative estimate of drug-likeness (QED) is 0.0666. The smallest absolute Gasteiger partial charge is 0.315 e. The molecule has 20 heteroatoms. The molecule has 2 heterocycles. The third kappa shape index (κ3) is 11.5. The largest absolute Gasteiger partial charge is 0.492 e. The van der Waals surface area contributed by atoms with Crippen LogP contribution in [0.5, 0.6) is 11.5 Å². The summed E-state index contributed by atoms with van der Waals surface area (Å²) >= 11 is 16.1. The van der Waals surface area contributed by atoms with Crippen molar-refractivity contribution in [3.8, 4) is 11.5 Å². The molecule has 5 amide bonds. The number of ether oxygens (including phenoxy) is 2. The van der Waals surface area contributed by atoms with Crippen LogP contribution in [0.15, 0.2) is 60.7 Å². The number of hydrogen-bond acceptors (Lipinski definition) is 7. The Kier molecular flexibility index (Phi) is 16.8. The van der Waals surface area contributed by atoms with Gasteiger partial charge in [-0.3, -0.25) is 14.4 Å². The van der Waals surface area contributed by atoms with Gasteiger partial charge in [0.1, 0.15) is 45.9 Å². The zero-order chi connectivity index (χ0) is 40.4. The van der Waals surface area contributed by atoms with Crippen LogP contribution in [-0.2, 0) is 0 Å². The van der Waals surface area contributed by atoms with Gasteiger partial charge in [0.15, 0.2) is 0 Å². The Balaban J connectivity index is 0.000000266.